The van der Waals surface area contributed by atoms with Crippen molar-refractivity contribution in [2.75, 3.05) is 7.05 Å². The Kier molecular flexibility index (Phi) is 3.42. The van der Waals surface area contributed by atoms with Gasteiger partial charge in [-0.1, -0.05) is 25.7 Å². The van der Waals surface area contributed by atoms with Gasteiger partial charge in [-0.15, -0.1) is 11.3 Å². The van der Waals surface area contributed by atoms with Crippen LogP contribution in [0.1, 0.15) is 49.2 Å². The Balaban J connectivity index is 2.26. The lowest BCUT2D eigenvalue weighted by molar-refractivity contribution is 0.312. The first-order valence-corrected chi connectivity index (χ1v) is 6.76. The second-order valence-electron chi connectivity index (χ2n) is 4.54. The summed E-state index contributed by atoms with van der Waals surface area (Å²) in [5.41, 5.74) is 1.34. The van der Waals surface area contributed by atoms with Crippen LogP contribution in [0, 0.1) is 6.92 Å². The van der Waals surface area contributed by atoms with Crippen molar-refractivity contribution in [3.63, 3.8) is 0 Å². The first-order valence-electron chi connectivity index (χ1n) is 5.88. The maximum absolute atomic E-state index is 4.68. The number of thiazole rings is 1. The lowest BCUT2D eigenvalue weighted by atomic mass is 9.91. The molecule has 0 aromatic carbocycles. The van der Waals surface area contributed by atoms with Crippen LogP contribution in [0.25, 0.3) is 0 Å². The lowest BCUT2D eigenvalue weighted by Crippen LogP contribution is -2.39. The van der Waals surface area contributed by atoms with E-state index >= 15 is 0 Å². The van der Waals surface area contributed by atoms with Crippen molar-refractivity contribution in [2.24, 2.45) is 0 Å². The van der Waals surface area contributed by atoms with E-state index in [2.05, 4.69) is 29.7 Å². The first kappa shape index (κ1) is 11.1. The first-order chi connectivity index (χ1) is 7.27. The zero-order valence-electron chi connectivity index (χ0n) is 9.68. The minimum Gasteiger partial charge on any atom is -0.308 e. The molecule has 1 aromatic heterocycles. The number of aromatic nitrogens is 1. The Morgan fingerprint density at radius 1 is 1.27 bits per heavy atom. The zero-order chi connectivity index (χ0) is 10.7. The Morgan fingerprint density at radius 3 is 2.40 bits per heavy atom. The molecular formula is C12H20N2S. The molecule has 1 saturated carbocycles. The molecule has 0 amide bonds. The fraction of sp³-hybridized carbons (Fsp3) is 0.750. The van der Waals surface area contributed by atoms with Gasteiger partial charge >= 0.3 is 0 Å². The van der Waals surface area contributed by atoms with E-state index in [1.807, 2.05) is 11.3 Å². The van der Waals surface area contributed by atoms with Gasteiger partial charge in [-0.2, -0.15) is 0 Å². The number of hydrogen-bond donors (Lipinski definition) is 1. The molecule has 2 nitrogen and oxygen atoms in total. The number of aryl methyl sites for hydroxylation is 1. The molecule has 0 radical (unpaired) electrons. The molecule has 0 unspecified atom stereocenters. The van der Waals surface area contributed by atoms with Crippen LogP contribution in [-0.2, 0) is 5.54 Å². The lowest BCUT2D eigenvalue weighted by Gasteiger charge is -2.30. The van der Waals surface area contributed by atoms with E-state index in [-0.39, 0.29) is 5.54 Å². The largest absolute Gasteiger partial charge is 0.308 e. The summed E-state index contributed by atoms with van der Waals surface area (Å²) in [6.45, 7) is 2.08. The van der Waals surface area contributed by atoms with Gasteiger partial charge in [0.15, 0.2) is 0 Å². The Morgan fingerprint density at radius 2 is 1.93 bits per heavy atom. The molecule has 0 bridgehead atoms. The van der Waals surface area contributed by atoms with Crippen LogP contribution in [0.3, 0.4) is 0 Å². The van der Waals surface area contributed by atoms with Crippen LogP contribution in [0.5, 0.6) is 0 Å². The summed E-state index contributed by atoms with van der Waals surface area (Å²) in [4.78, 5) is 4.68. The normalized spacial score (nSPS) is 21.2. The molecular weight excluding hydrogens is 204 g/mol. The predicted octanol–water partition coefficient (Wildman–Crippen LogP) is 3.22. The van der Waals surface area contributed by atoms with Gasteiger partial charge in [0.25, 0.3) is 0 Å². The van der Waals surface area contributed by atoms with Gasteiger partial charge < -0.3 is 5.32 Å². The van der Waals surface area contributed by atoms with E-state index in [4.69, 9.17) is 0 Å². The summed E-state index contributed by atoms with van der Waals surface area (Å²) in [5.74, 6) is 0. The van der Waals surface area contributed by atoms with Gasteiger partial charge in [0.2, 0.25) is 0 Å². The van der Waals surface area contributed by atoms with Gasteiger partial charge in [-0.05, 0) is 26.8 Å². The molecule has 1 fully saturated rings. The summed E-state index contributed by atoms with van der Waals surface area (Å²) in [6, 6.07) is 0. The molecule has 0 atom stereocenters. The van der Waals surface area contributed by atoms with E-state index in [9.17, 15) is 0 Å². The van der Waals surface area contributed by atoms with Crippen LogP contribution < -0.4 is 5.32 Å². The maximum atomic E-state index is 4.68. The zero-order valence-corrected chi connectivity index (χ0v) is 10.5. The van der Waals surface area contributed by atoms with E-state index in [1.54, 1.807) is 0 Å². The van der Waals surface area contributed by atoms with Crippen molar-refractivity contribution < 1.29 is 0 Å². The smallest absolute Gasteiger partial charge is 0.113 e. The average Bonchev–Trinajstić information content (AvgIpc) is 2.56. The topological polar surface area (TPSA) is 24.9 Å². The molecule has 1 heterocycles. The van der Waals surface area contributed by atoms with Crippen molar-refractivity contribution in [3.05, 3.63) is 16.1 Å². The van der Waals surface area contributed by atoms with Gasteiger partial charge in [0.1, 0.15) is 5.01 Å². The molecule has 1 N–H and O–H groups in total. The van der Waals surface area contributed by atoms with Gasteiger partial charge in [0, 0.05) is 11.1 Å². The van der Waals surface area contributed by atoms with E-state index < -0.39 is 0 Å². The second-order valence-corrected chi connectivity index (χ2v) is 5.40. The number of nitrogens with zero attached hydrogens (tertiary/aromatic N) is 1. The molecule has 1 aliphatic carbocycles. The Labute approximate surface area is 96.1 Å². The van der Waals surface area contributed by atoms with Crippen molar-refractivity contribution in [3.8, 4) is 0 Å². The third-order valence-corrected chi connectivity index (χ3v) is 4.63. The average molecular weight is 224 g/mol. The molecule has 0 aliphatic heterocycles. The highest BCUT2D eigenvalue weighted by molar-refractivity contribution is 7.09. The fourth-order valence-corrected chi connectivity index (χ4v) is 3.54. The number of rotatable bonds is 2. The summed E-state index contributed by atoms with van der Waals surface area (Å²) >= 11 is 1.82. The quantitative estimate of drug-likeness (QED) is 0.780. The Bertz CT molecular complexity index is 311. The third kappa shape index (κ3) is 2.23. The maximum Gasteiger partial charge on any atom is 0.113 e. The molecule has 3 heteroatoms. The highest BCUT2D eigenvalue weighted by atomic mass is 32.1. The Hall–Kier alpha value is -0.410. The van der Waals surface area contributed by atoms with Crippen LogP contribution in [0.15, 0.2) is 5.38 Å². The summed E-state index contributed by atoms with van der Waals surface area (Å²) in [7, 11) is 2.09. The molecule has 84 valence electrons. The van der Waals surface area contributed by atoms with Gasteiger partial charge in [-0.25, -0.2) is 4.98 Å². The standard InChI is InChI=1S/C12H20N2S/c1-10-9-15-11(14-10)12(13-2)7-5-3-4-6-8-12/h9,13H,3-8H2,1-2H3. The number of nitrogens with one attached hydrogen (secondary N) is 1. The van der Waals surface area contributed by atoms with E-state index in [0.29, 0.717) is 0 Å². The fourth-order valence-electron chi connectivity index (χ4n) is 2.48. The van der Waals surface area contributed by atoms with Crippen LogP contribution in [-0.4, -0.2) is 12.0 Å². The highest BCUT2D eigenvalue weighted by Gasteiger charge is 2.33. The summed E-state index contributed by atoms with van der Waals surface area (Å²) in [6.07, 6.45) is 7.92. The van der Waals surface area contributed by atoms with Crippen LogP contribution in [0.4, 0.5) is 0 Å². The predicted molar refractivity (Wildman–Crippen MR) is 65.3 cm³/mol. The minimum atomic E-state index is 0.176. The third-order valence-electron chi connectivity index (χ3n) is 3.46. The summed E-state index contributed by atoms with van der Waals surface area (Å²) in [5, 5.41) is 7.00. The molecule has 0 spiro atoms. The van der Waals surface area contributed by atoms with Crippen LogP contribution >= 0.6 is 11.3 Å². The van der Waals surface area contributed by atoms with Crippen molar-refractivity contribution in [1.29, 1.82) is 0 Å². The molecule has 1 aliphatic rings. The van der Waals surface area contributed by atoms with Crippen molar-refractivity contribution in [1.82, 2.24) is 10.3 Å². The second kappa shape index (κ2) is 4.62. The highest BCUT2D eigenvalue weighted by Crippen LogP contribution is 2.37. The van der Waals surface area contributed by atoms with Crippen LogP contribution in [0.2, 0.25) is 0 Å². The molecule has 0 saturated heterocycles. The molecule has 1 aromatic rings. The van der Waals surface area contributed by atoms with Gasteiger partial charge in [0.05, 0.1) is 5.54 Å². The van der Waals surface area contributed by atoms with E-state index in [0.717, 1.165) is 5.69 Å². The summed E-state index contributed by atoms with van der Waals surface area (Å²) < 4.78 is 0. The number of hydrogen-bond acceptors (Lipinski definition) is 3. The van der Waals surface area contributed by atoms with E-state index in [1.165, 1.54) is 43.5 Å². The SMILES string of the molecule is CNC1(c2nc(C)cs2)CCCCCC1. The monoisotopic (exact) mass is 224 g/mol. The van der Waals surface area contributed by atoms with Crippen molar-refractivity contribution >= 4 is 11.3 Å². The van der Waals surface area contributed by atoms with Gasteiger partial charge in [-0.3, -0.25) is 0 Å². The van der Waals surface area contributed by atoms with Crippen molar-refractivity contribution in [2.45, 2.75) is 51.0 Å². The minimum absolute atomic E-state index is 0.176. The molecule has 15 heavy (non-hydrogen) atoms. The molecule has 2 rings (SSSR count).